The summed E-state index contributed by atoms with van der Waals surface area (Å²) < 4.78 is 27.9. The van der Waals surface area contributed by atoms with Gasteiger partial charge < -0.3 is 19.7 Å². The maximum atomic E-state index is 15.5. The first-order valence-electron chi connectivity index (χ1n) is 11.5. The largest absolute Gasteiger partial charge is 0.393 e. The lowest BCUT2D eigenvalue weighted by Crippen LogP contribution is -2.64. The topological polar surface area (TPSA) is 93.1 Å². The second-order valence-corrected chi connectivity index (χ2v) is 11.3. The number of hydrogen-bond acceptors (Lipinski definition) is 6. The van der Waals surface area contributed by atoms with Gasteiger partial charge in [0.1, 0.15) is 12.8 Å². The number of allylic oxidation sites excluding steroid dienone is 1. The van der Waals surface area contributed by atoms with Gasteiger partial charge in [0.05, 0.1) is 12.2 Å². The van der Waals surface area contributed by atoms with Crippen LogP contribution in [0.5, 0.6) is 0 Å². The van der Waals surface area contributed by atoms with Crippen LogP contribution in [0.2, 0.25) is 0 Å². The van der Waals surface area contributed by atoms with Crippen LogP contribution in [0.3, 0.4) is 0 Å². The standard InChI is InChI=1S/C24H33FO6/c1-21(2)30-19-9-14-13-8-16(25)15-7-12(27)5-6-22(15,3)20(13)17(28)10-23(14,4)24(19,31-21)18(29)11-26/h7,13-14,16-17,19-20,26,28H,5-6,8-11H2,1-4H3/t13?,14-,16-,17-,19+,20?,22-,23-,24+/m0/s1. The molecule has 5 aliphatic rings. The fourth-order valence-corrected chi connectivity index (χ4v) is 8.41. The zero-order valence-corrected chi connectivity index (χ0v) is 18.7. The monoisotopic (exact) mass is 436 g/mol. The Morgan fingerprint density at radius 1 is 1.26 bits per heavy atom. The number of alkyl halides is 1. The number of carbonyl (C=O) groups is 2. The summed E-state index contributed by atoms with van der Waals surface area (Å²) in [6.07, 6.45) is 0.872. The van der Waals surface area contributed by atoms with Gasteiger partial charge in [-0.15, -0.1) is 0 Å². The Hall–Kier alpha value is -1.15. The number of fused-ring (bicyclic) bond motifs is 7. The Morgan fingerprint density at radius 2 is 1.97 bits per heavy atom. The van der Waals surface area contributed by atoms with E-state index < -0.39 is 53.0 Å². The van der Waals surface area contributed by atoms with Crippen molar-refractivity contribution >= 4 is 11.6 Å². The molecule has 5 rings (SSSR count). The number of rotatable bonds is 2. The Bertz CT molecular complexity index is 868. The maximum Gasteiger partial charge on any atom is 0.193 e. The molecule has 0 radical (unpaired) electrons. The highest BCUT2D eigenvalue weighted by atomic mass is 19.1. The van der Waals surface area contributed by atoms with Gasteiger partial charge in [0.15, 0.2) is 23.0 Å². The number of Topliss-reactive ketones (excluding diaryl/α,β-unsaturated/α-hetero) is 1. The SMILES string of the molecule is CC1(C)O[C@@H]2C[C@H]3C4C[C@H](F)C5=CC(=O)CC[C@]5(C)C4[C@@H](O)C[C@]3(C)[C@]2(C(=O)CO)O1. The molecule has 0 aromatic rings. The average Bonchev–Trinajstić information content (AvgIpc) is 3.08. The van der Waals surface area contributed by atoms with E-state index in [1.807, 2.05) is 13.8 Å². The lowest BCUT2D eigenvalue weighted by molar-refractivity contribution is -0.228. The van der Waals surface area contributed by atoms with E-state index in [0.29, 0.717) is 31.3 Å². The minimum absolute atomic E-state index is 0.0457. The van der Waals surface area contributed by atoms with E-state index in [-0.39, 0.29) is 30.0 Å². The van der Waals surface area contributed by atoms with Crippen molar-refractivity contribution in [2.75, 3.05) is 6.61 Å². The van der Waals surface area contributed by atoms with Crippen molar-refractivity contribution < 1.29 is 33.7 Å². The summed E-state index contributed by atoms with van der Waals surface area (Å²) >= 11 is 0. The second-order valence-electron chi connectivity index (χ2n) is 11.3. The molecule has 0 spiro atoms. The number of halogens is 1. The third-order valence-corrected chi connectivity index (χ3v) is 9.42. The zero-order valence-electron chi connectivity index (χ0n) is 18.7. The molecule has 4 fully saturated rings. The van der Waals surface area contributed by atoms with Gasteiger partial charge in [0, 0.05) is 11.8 Å². The summed E-state index contributed by atoms with van der Waals surface area (Å²) in [6.45, 7) is 6.78. The van der Waals surface area contributed by atoms with E-state index in [4.69, 9.17) is 9.47 Å². The van der Waals surface area contributed by atoms with Crippen molar-refractivity contribution in [3.8, 4) is 0 Å². The molecule has 172 valence electrons. The number of carbonyl (C=O) groups excluding carboxylic acids is 2. The van der Waals surface area contributed by atoms with Gasteiger partial charge >= 0.3 is 0 Å². The van der Waals surface area contributed by atoms with Crippen LogP contribution < -0.4 is 0 Å². The van der Waals surface area contributed by atoms with E-state index in [1.54, 1.807) is 13.8 Å². The molecule has 2 N–H and O–H groups in total. The number of aliphatic hydroxyl groups excluding tert-OH is 2. The third-order valence-electron chi connectivity index (χ3n) is 9.42. The minimum Gasteiger partial charge on any atom is -0.393 e. The van der Waals surface area contributed by atoms with E-state index in [0.717, 1.165) is 0 Å². The van der Waals surface area contributed by atoms with Crippen molar-refractivity contribution in [3.63, 3.8) is 0 Å². The molecule has 0 aromatic carbocycles. The summed E-state index contributed by atoms with van der Waals surface area (Å²) in [7, 11) is 0. The predicted octanol–water partition coefficient (Wildman–Crippen LogP) is 2.50. The van der Waals surface area contributed by atoms with Crippen LogP contribution in [0.4, 0.5) is 4.39 Å². The molecule has 0 aromatic heterocycles. The summed E-state index contributed by atoms with van der Waals surface area (Å²) in [4.78, 5) is 25.2. The van der Waals surface area contributed by atoms with Crippen LogP contribution in [0, 0.1) is 28.6 Å². The van der Waals surface area contributed by atoms with E-state index in [9.17, 15) is 19.8 Å². The lowest BCUT2D eigenvalue weighted by atomic mass is 9.45. The van der Waals surface area contributed by atoms with Crippen molar-refractivity contribution in [1.29, 1.82) is 0 Å². The minimum atomic E-state index is -1.35. The molecule has 6 nitrogen and oxygen atoms in total. The van der Waals surface area contributed by atoms with Crippen LogP contribution in [0.25, 0.3) is 0 Å². The molecule has 9 atom stereocenters. The molecule has 0 bridgehead atoms. The molecule has 3 saturated carbocycles. The molecule has 2 unspecified atom stereocenters. The Labute approximate surface area is 182 Å². The lowest BCUT2D eigenvalue weighted by Gasteiger charge is -2.61. The summed E-state index contributed by atoms with van der Waals surface area (Å²) in [5.74, 6) is -1.90. The third kappa shape index (κ3) is 2.58. The Morgan fingerprint density at radius 3 is 2.65 bits per heavy atom. The highest BCUT2D eigenvalue weighted by molar-refractivity contribution is 5.92. The molecule has 31 heavy (non-hydrogen) atoms. The van der Waals surface area contributed by atoms with E-state index in [2.05, 4.69) is 0 Å². The van der Waals surface area contributed by atoms with Crippen molar-refractivity contribution in [1.82, 2.24) is 0 Å². The van der Waals surface area contributed by atoms with Gasteiger partial charge in [-0.2, -0.15) is 0 Å². The maximum absolute atomic E-state index is 15.5. The normalized spacial score (nSPS) is 52.6. The van der Waals surface area contributed by atoms with Crippen LogP contribution >= 0.6 is 0 Å². The van der Waals surface area contributed by atoms with Crippen LogP contribution in [-0.2, 0) is 19.1 Å². The van der Waals surface area contributed by atoms with Crippen LogP contribution in [0.1, 0.15) is 59.8 Å². The first-order valence-corrected chi connectivity index (χ1v) is 11.5. The Kier molecular flexibility index (Phi) is 4.52. The van der Waals surface area contributed by atoms with Crippen molar-refractivity contribution in [2.24, 2.45) is 28.6 Å². The molecular formula is C24H33FO6. The molecule has 1 aliphatic heterocycles. The summed E-state index contributed by atoms with van der Waals surface area (Å²) in [5, 5.41) is 21.3. The number of ketones is 2. The fraction of sp³-hybridized carbons (Fsp3) is 0.833. The predicted molar refractivity (Wildman–Crippen MR) is 109 cm³/mol. The van der Waals surface area contributed by atoms with E-state index >= 15 is 4.39 Å². The van der Waals surface area contributed by atoms with Crippen molar-refractivity contribution in [2.45, 2.75) is 89.6 Å². The molecule has 1 heterocycles. The highest BCUT2D eigenvalue weighted by Crippen LogP contribution is 2.70. The molecule has 7 heteroatoms. The van der Waals surface area contributed by atoms with Crippen LogP contribution in [-0.4, -0.2) is 58.2 Å². The van der Waals surface area contributed by atoms with Gasteiger partial charge in [-0.05, 0) is 74.3 Å². The molecule has 1 saturated heterocycles. The van der Waals surface area contributed by atoms with Crippen molar-refractivity contribution in [3.05, 3.63) is 11.6 Å². The summed E-state index contributed by atoms with van der Waals surface area (Å²) in [6, 6.07) is 0. The first-order chi connectivity index (χ1) is 14.4. The van der Waals surface area contributed by atoms with Crippen LogP contribution in [0.15, 0.2) is 11.6 Å². The van der Waals surface area contributed by atoms with Gasteiger partial charge in [-0.25, -0.2) is 4.39 Å². The first kappa shape index (κ1) is 21.7. The van der Waals surface area contributed by atoms with Gasteiger partial charge in [0.2, 0.25) is 0 Å². The Balaban J connectivity index is 1.61. The molecular weight excluding hydrogens is 403 g/mol. The average molecular weight is 437 g/mol. The highest BCUT2D eigenvalue weighted by Gasteiger charge is 2.77. The van der Waals surface area contributed by atoms with Gasteiger partial charge in [-0.3, -0.25) is 9.59 Å². The zero-order chi connectivity index (χ0) is 22.6. The fourth-order valence-electron chi connectivity index (χ4n) is 8.41. The van der Waals surface area contributed by atoms with Gasteiger partial charge in [0.25, 0.3) is 0 Å². The molecule has 4 aliphatic carbocycles. The quantitative estimate of drug-likeness (QED) is 0.691. The number of ether oxygens (including phenoxy) is 2. The number of hydrogen-bond donors (Lipinski definition) is 2. The smallest absolute Gasteiger partial charge is 0.193 e. The number of aliphatic hydroxyl groups is 2. The van der Waals surface area contributed by atoms with Gasteiger partial charge in [-0.1, -0.05) is 13.8 Å². The molecule has 0 amide bonds. The van der Waals surface area contributed by atoms with E-state index in [1.165, 1.54) is 6.08 Å². The summed E-state index contributed by atoms with van der Waals surface area (Å²) in [5.41, 5.74) is -2.19. The second kappa shape index (κ2) is 6.46.